The van der Waals surface area contributed by atoms with E-state index in [1.165, 1.54) is 12.8 Å². The molecule has 5 heteroatoms. The molecule has 0 saturated heterocycles. The predicted molar refractivity (Wildman–Crippen MR) is 116 cm³/mol. The van der Waals surface area contributed by atoms with Gasteiger partial charge in [-0.25, -0.2) is 0 Å². The third kappa shape index (κ3) is 2.83. The molecule has 5 nitrogen and oxygen atoms in total. The fourth-order valence-corrected chi connectivity index (χ4v) is 8.01. The monoisotopic (exact) mass is 402 g/mol. The molecular formula is C24H38N2O3. The van der Waals surface area contributed by atoms with Crippen LogP contribution in [0, 0.1) is 34.5 Å². The Kier molecular flexibility index (Phi) is 5.12. The van der Waals surface area contributed by atoms with E-state index in [1.54, 1.807) is 19.8 Å². The minimum atomic E-state index is -0.843. The maximum atomic E-state index is 11.7. The van der Waals surface area contributed by atoms with Crippen molar-refractivity contribution in [3.05, 3.63) is 11.6 Å². The van der Waals surface area contributed by atoms with Crippen LogP contribution in [-0.2, 0) is 9.68 Å². The van der Waals surface area contributed by atoms with Crippen molar-refractivity contribution in [2.45, 2.75) is 78.2 Å². The average Bonchev–Trinajstić information content (AvgIpc) is 2.96. The molecule has 0 amide bonds. The number of allylic oxidation sites excluding steroid dienone is 2. The van der Waals surface area contributed by atoms with Gasteiger partial charge in [0.15, 0.2) is 0 Å². The zero-order valence-electron chi connectivity index (χ0n) is 19.0. The molecule has 29 heavy (non-hydrogen) atoms. The second-order valence-corrected chi connectivity index (χ2v) is 10.5. The van der Waals surface area contributed by atoms with Gasteiger partial charge in [0.25, 0.3) is 0 Å². The molecule has 0 aromatic carbocycles. The summed E-state index contributed by atoms with van der Waals surface area (Å²) in [6.45, 7) is 9.14. The highest BCUT2D eigenvalue weighted by molar-refractivity contribution is 5.96. The van der Waals surface area contributed by atoms with Crippen LogP contribution in [0.25, 0.3) is 0 Å². The number of hydrogen-bond acceptors (Lipinski definition) is 5. The van der Waals surface area contributed by atoms with Crippen molar-refractivity contribution in [3.8, 4) is 0 Å². The van der Waals surface area contributed by atoms with Gasteiger partial charge in [-0.1, -0.05) is 36.7 Å². The topological polar surface area (TPSA) is 63.4 Å². The summed E-state index contributed by atoms with van der Waals surface area (Å²) in [4.78, 5) is 10.1. The van der Waals surface area contributed by atoms with Crippen LogP contribution in [0.2, 0.25) is 0 Å². The van der Waals surface area contributed by atoms with Crippen LogP contribution in [0.15, 0.2) is 22.0 Å². The van der Waals surface area contributed by atoms with Crippen molar-refractivity contribution in [2.24, 2.45) is 44.8 Å². The van der Waals surface area contributed by atoms with E-state index in [0.717, 1.165) is 43.5 Å². The number of hydrogen-bond donors (Lipinski definition) is 1. The van der Waals surface area contributed by atoms with Crippen LogP contribution >= 0.6 is 0 Å². The third-order valence-electron chi connectivity index (χ3n) is 9.48. The van der Waals surface area contributed by atoms with E-state index < -0.39 is 5.60 Å². The summed E-state index contributed by atoms with van der Waals surface area (Å²) in [5, 5.41) is 20.2. The van der Waals surface area contributed by atoms with E-state index in [0.29, 0.717) is 23.7 Å². The number of aliphatic hydroxyl groups is 1. The summed E-state index contributed by atoms with van der Waals surface area (Å²) in [6.07, 6.45) is 9.82. The number of fused-ring (bicyclic) bond motifs is 5. The zero-order chi connectivity index (χ0) is 21.0. The molecule has 4 aliphatic rings. The van der Waals surface area contributed by atoms with E-state index in [-0.39, 0.29) is 10.8 Å². The molecule has 0 radical (unpaired) electrons. The summed E-state index contributed by atoms with van der Waals surface area (Å²) in [6, 6.07) is 0. The molecule has 3 saturated carbocycles. The second-order valence-electron chi connectivity index (χ2n) is 10.5. The van der Waals surface area contributed by atoms with Gasteiger partial charge in [-0.2, -0.15) is 0 Å². The molecule has 0 bridgehead atoms. The Bertz CT molecular complexity index is 759. The Morgan fingerprint density at radius 3 is 2.52 bits per heavy atom. The normalized spacial score (nSPS) is 48.4. The predicted octanol–water partition coefficient (Wildman–Crippen LogP) is 4.95. The fraction of sp³-hybridized carbons (Fsp3) is 0.833. The molecule has 0 heterocycles. The van der Waals surface area contributed by atoms with E-state index >= 15 is 0 Å². The number of nitrogens with zero attached hydrogens (tertiary/aromatic N) is 2. The average molecular weight is 403 g/mol. The van der Waals surface area contributed by atoms with Crippen molar-refractivity contribution in [1.29, 1.82) is 0 Å². The molecule has 4 rings (SSSR count). The first-order valence-electron chi connectivity index (χ1n) is 11.3. The minimum absolute atomic E-state index is 0.116. The molecule has 0 aromatic rings. The Morgan fingerprint density at radius 1 is 1.10 bits per heavy atom. The standard InChI is InChI=1S/C24H38N2O3/c1-15-13-18-19(22(3)10-7-17(26-29-6)14-21(15)22)8-11-23(4)20(18)9-12-24(23,27)16(2)25-28-5/h14-15,18-20,27H,7-13H2,1-6H3/b25-16+,26-17+. The van der Waals surface area contributed by atoms with Crippen LogP contribution in [0.5, 0.6) is 0 Å². The summed E-state index contributed by atoms with van der Waals surface area (Å²) in [7, 11) is 3.21. The molecule has 7 unspecified atom stereocenters. The fourth-order valence-electron chi connectivity index (χ4n) is 8.01. The summed E-state index contributed by atoms with van der Waals surface area (Å²) in [5.74, 6) is 2.45. The third-order valence-corrected chi connectivity index (χ3v) is 9.48. The highest BCUT2D eigenvalue weighted by Gasteiger charge is 2.65. The first kappa shape index (κ1) is 20.9. The maximum Gasteiger partial charge on any atom is 0.111 e. The van der Waals surface area contributed by atoms with Crippen LogP contribution in [0.3, 0.4) is 0 Å². The molecule has 0 spiro atoms. The molecule has 0 aliphatic heterocycles. The van der Waals surface area contributed by atoms with Gasteiger partial charge in [0, 0.05) is 5.41 Å². The van der Waals surface area contributed by atoms with E-state index in [1.807, 2.05) is 6.92 Å². The first-order valence-corrected chi connectivity index (χ1v) is 11.3. The highest BCUT2D eigenvalue weighted by atomic mass is 16.6. The Hall–Kier alpha value is -1.36. The van der Waals surface area contributed by atoms with Crippen molar-refractivity contribution >= 4 is 11.4 Å². The molecular weight excluding hydrogens is 364 g/mol. The van der Waals surface area contributed by atoms with E-state index in [2.05, 4.69) is 37.2 Å². The molecule has 1 N–H and O–H groups in total. The lowest BCUT2D eigenvalue weighted by atomic mass is 9.44. The first-order chi connectivity index (χ1) is 13.7. The molecule has 4 aliphatic carbocycles. The molecule has 3 fully saturated rings. The van der Waals surface area contributed by atoms with Gasteiger partial charge in [-0.3, -0.25) is 0 Å². The van der Waals surface area contributed by atoms with Gasteiger partial charge >= 0.3 is 0 Å². The van der Waals surface area contributed by atoms with Gasteiger partial charge in [-0.15, -0.1) is 0 Å². The number of rotatable bonds is 3. The largest absolute Gasteiger partial charge is 0.399 e. The molecule has 0 aromatic heterocycles. The Morgan fingerprint density at radius 2 is 1.83 bits per heavy atom. The van der Waals surface area contributed by atoms with Gasteiger partial charge < -0.3 is 14.8 Å². The second kappa shape index (κ2) is 7.11. The lowest BCUT2D eigenvalue weighted by molar-refractivity contribution is -0.101. The minimum Gasteiger partial charge on any atom is -0.399 e. The quantitative estimate of drug-likeness (QED) is 0.536. The highest BCUT2D eigenvalue weighted by Crippen LogP contribution is 2.68. The lowest BCUT2D eigenvalue weighted by Gasteiger charge is -2.60. The van der Waals surface area contributed by atoms with Gasteiger partial charge in [0.05, 0.1) is 11.4 Å². The zero-order valence-corrected chi connectivity index (χ0v) is 19.0. The van der Waals surface area contributed by atoms with Crippen molar-refractivity contribution in [3.63, 3.8) is 0 Å². The van der Waals surface area contributed by atoms with Crippen LogP contribution in [0.4, 0.5) is 0 Å². The van der Waals surface area contributed by atoms with Crippen molar-refractivity contribution in [1.82, 2.24) is 0 Å². The molecule has 162 valence electrons. The molecule has 7 atom stereocenters. The maximum absolute atomic E-state index is 11.7. The van der Waals surface area contributed by atoms with Crippen LogP contribution < -0.4 is 0 Å². The summed E-state index contributed by atoms with van der Waals surface area (Å²) < 4.78 is 0. The van der Waals surface area contributed by atoms with E-state index in [9.17, 15) is 5.11 Å². The van der Waals surface area contributed by atoms with Gasteiger partial charge in [0.1, 0.15) is 19.8 Å². The van der Waals surface area contributed by atoms with Gasteiger partial charge in [0.2, 0.25) is 0 Å². The smallest absolute Gasteiger partial charge is 0.111 e. The van der Waals surface area contributed by atoms with Gasteiger partial charge in [-0.05, 0) is 87.0 Å². The van der Waals surface area contributed by atoms with Crippen LogP contribution in [-0.4, -0.2) is 36.4 Å². The van der Waals surface area contributed by atoms with Crippen LogP contribution in [0.1, 0.15) is 72.6 Å². The lowest BCUT2D eigenvalue weighted by Crippen LogP contribution is -2.57. The van der Waals surface area contributed by atoms with E-state index in [4.69, 9.17) is 9.68 Å². The Labute approximate surface area is 175 Å². The van der Waals surface area contributed by atoms with Crippen molar-refractivity contribution in [2.75, 3.05) is 14.2 Å². The Balaban J connectivity index is 1.69. The van der Waals surface area contributed by atoms with Crippen molar-refractivity contribution < 1.29 is 14.8 Å². The SMILES string of the molecule is CO/N=C1/C=C2C(C)CC3C(CCC4(C)C3CCC4(O)/C(C)=N/OC)C2(C)CC1. The number of oxime groups is 2. The summed E-state index contributed by atoms with van der Waals surface area (Å²) >= 11 is 0. The summed E-state index contributed by atoms with van der Waals surface area (Å²) in [5.41, 5.74) is 2.70.